The Morgan fingerprint density at radius 1 is 1.35 bits per heavy atom. The van der Waals surface area contributed by atoms with Crippen molar-refractivity contribution in [3.05, 3.63) is 18.2 Å². The van der Waals surface area contributed by atoms with E-state index in [-0.39, 0.29) is 5.91 Å². The van der Waals surface area contributed by atoms with Crippen LogP contribution in [0.1, 0.15) is 33.1 Å². The second kappa shape index (κ2) is 8.43. The van der Waals surface area contributed by atoms with Crippen LogP contribution in [0.2, 0.25) is 0 Å². The number of rotatable bonds is 8. The van der Waals surface area contributed by atoms with Crippen LogP contribution in [0.5, 0.6) is 11.5 Å². The molecule has 112 valence electrons. The summed E-state index contributed by atoms with van der Waals surface area (Å²) < 4.78 is 10.7. The molecule has 1 amide bonds. The Morgan fingerprint density at radius 3 is 2.70 bits per heavy atom. The topological polar surface area (TPSA) is 73.6 Å². The zero-order chi connectivity index (χ0) is 15.0. The molecule has 0 spiro atoms. The molecule has 0 fully saturated rings. The molecule has 0 heterocycles. The van der Waals surface area contributed by atoms with Gasteiger partial charge in [-0.05, 0) is 25.5 Å². The lowest BCUT2D eigenvalue weighted by Crippen LogP contribution is -2.35. The van der Waals surface area contributed by atoms with E-state index in [2.05, 4.69) is 12.2 Å². The summed E-state index contributed by atoms with van der Waals surface area (Å²) in [6, 6.07) is 4.80. The van der Waals surface area contributed by atoms with Crippen molar-refractivity contribution in [1.82, 2.24) is 0 Å². The Kier molecular flexibility index (Phi) is 6.87. The number of nitrogens with one attached hydrogen (secondary N) is 1. The first kappa shape index (κ1) is 16.3. The molecule has 1 atom stereocenters. The summed E-state index contributed by atoms with van der Waals surface area (Å²) in [7, 11) is 1.58. The van der Waals surface area contributed by atoms with E-state index < -0.39 is 6.04 Å². The van der Waals surface area contributed by atoms with Crippen LogP contribution in [0.3, 0.4) is 0 Å². The summed E-state index contributed by atoms with van der Waals surface area (Å²) >= 11 is 0. The van der Waals surface area contributed by atoms with Gasteiger partial charge in [0.1, 0.15) is 0 Å². The van der Waals surface area contributed by atoms with Gasteiger partial charge in [0.15, 0.2) is 11.5 Å². The molecule has 5 heteroatoms. The molecule has 0 bridgehead atoms. The molecule has 0 aliphatic rings. The van der Waals surface area contributed by atoms with Crippen molar-refractivity contribution in [3.63, 3.8) is 0 Å². The SMILES string of the molecule is CCCCC(N)C(=O)Nc1ccc(OC)c(OCC)c1. The molecule has 0 aromatic heterocycles. The van der Waals surface area contributed by atoms with Crippen LogP contribution in [-0.4, -0.2) is 25.7 Å². The third-order valence-electron chi connectivity index (χ3n) is 2.94. The minimum absolute atomic E-state index is 0.175. The molecule has 0 saturated carbocycles. The average Bonchev–Trinajstić information content (AvgIpc) is 2.45. The predicted octanol–water partition coefficient (Wildman–Crippen LogP) is 2.55. The van der Waals surface area contributed by atoms with Gasteiger partial charge < -0.3 is 20.5 Å². The van der Waals surface area contributed by atoms with Crippen molar-refractivity contribution in [2.75, 3.05) is 19.0 Å². The van der Waals surface area contributed by atoms with Crippen LogP contribution in [-0.2, 0) is 4.79 Å². The Bertz CT molecular complexity index is 435. The van der Waals surface area contributed by atoms with Gasteiger partial charge in [0.05, 0.1) is 19.8 Å². The van der Waals surface area contributed by atoms with Crippen LogP contribution in [0, 0.1) is 0 Å². The number of hydrogen-bond acceptors (Lipinski definition) is 4. The summed E-state index contributed by atoms with van der Waals surface area (Å²) in [5.41, 5.74) is 6.49. The Hall–Kier alpha value is -1.75. The first-order valence-electron chi connectivity index (χ1n) is 6.99. The fourth-order valence-corrected chi connectivity index (χ4v) is 1.81. The van der Waals surface area contributed by atoms with Gasteiger partial charge in [-0.25, -0.2) is 0 Å². The monoisotopic (exact) mass is 280 g/mol. The molecule has 1 aromatic rings. The molecular formula is C15H24N2O3. The van der Waals surface area contributed by atoms with Crippen molar-refractivity contribution in [2.24, 2.45) is 5.73 Å². The zero-order valence-electron chi connectivity index (χ0n) is 12.4. The number of carbonyl (C=O) groups excluding carboxylic acids is 1. The van der Waals surface area contributed by atoms with Gasteiger partial charge in [0, 0.05) is 11.8 Å². The van der Waals surface area contributed by atoms with Crippen molar-refractivity contribution in [3.8, 4) is 11.5 Å². The smallest absolute Gasteiger partial charge is 0.241 e. The van der Waals surface area contributed by atoms with E-state index in [1.165, 1.54) is 0 Å². The standard InChI is InChI=1S/C15H24N2O3/c1-4-6-7-12(16)15(18)17-11-8-9-13(19-3)14(10-11)20-5-2/h8-10,12H,4-7,16H2,1-3H3,(H,17,18). The van der Waals surface area contributed by atoms with Gasteiger partial charge in [-0.2, -0.15) is 0 Å². The third-order valence-corrected chi connectivity index (χ3v) is 2.94. The van der Waals surface area contributed by atoms with Crippen LogP contribution in [0.25, 0.3) is 0 Å². The number of hydrogen-bond donors (Lipinski definition) is 2. The van der Waals surface area contributed by atoms with Gasteiger partial charge in [0.25, 0.3) is 0 Å². The number of unbranched alkanes of at least 4 members (excludes halogenated alkanes) is 1. The normalized spacial score (nSPS) is 11.8. The molecule has 1 unspecified atom stereocenters. The van der Waals surface area contributed by atoms with E-state index in [9.17, 15) is 4.79 Å². The Labute approximate surface area is 120 Å². The largest absolute Gasteiger partial charge is 0.493 e. The number of carbonyl (C=O) groups is 1. The van der Waals surface area contributed by atoms with E-state index in [1.807, 2.05) is 6.92 Å². The molecule has 0 radical (unpaired) electrons. The Morgan fingerprint density at radius 2 is 2.10 bits per heavy atom. The van der Waals surface area contributed by atoms with E-state index in [0.717, 1.165) is 12.8 Å². The summed E-state index contributed by atoms with van der Waals surface area (Å²) in [4.78, 5) is 11.9. The minimum atomic E-state index is -0.479. The van der Waals surface area contributed by atoms with E-state index >= 15 is 0 Å². The van der Waals surface area contributed by atoms with Crippen LogP contribution < -0.4 is 20.5 Å². The molecule has 20 heavy (non-hydrogen) atoms. The quantitative estimate of drug-likeness (QED) is 0.767. The second-order valence-electron chi connectivity index (χ2n) is 4.54. The lowest BCUT2D eigenvalue weighted by atomic mass is 10.1. The van der Waals surface area contributed by atoms with Crippen molar-refractivity contribution >= 4 is 11.6 Å². The number of ether oxygens (including phenoxy) is 2. The molecule has 0 aliphatic carbocycles. The maximum Gasteiger partial charge on any atom is 0.241 e. The lowest BCUT2D eigenvalue weighted by Gasteiger charge is -2.14. The molecule has 3 N–H and O–H groups in total. The maximum absolute atomic E-state index is 11.9. The zero-order valence-corrected chi connectivity index (χ0v) is 12.4. The van der Waals surface area contributed by atoms with E-state index in [4.69, 9.17) is 15.2 Å². The molecule has 1 aromatic carbocycles. The van der Waals surface area contributed by atoms with Gasteiger partial charge in [0.2, 0.25) is 5.91 Å². The van der Waals surface area contributed by atoms with Crippen molar-refractivity contribution in [2.45, 2.75) is 39.2 Å². The molecule has 1 rings (SSSR count). The summed E-state index contributed by atoms with van der Waals surface area (Å²) in [6.45, 7) is 4.50. The summed E-state index contributed by atoms with van der Waals surface area (Å²) in [5, 5.41) is 2.80. The minimum Gasteiger partial charge on any atom is -0.493 e. The van der Waals surface area contributed by atoms with Crippen LogP contribution in [0.4, 0.5) is 5.69 Å². The second-order valence-corrected chi connectivity index (χ2v) is 4.54. The third kappa shape index (κ3) is 4.74. The van der Waals surface area contributed by atoms with Gasteiger partial charge >= 0.3 is 0 Å². The van der Waals surface area contributed by atoms with Gasteiger partial charge in [-0.3, -0.25) is 4.79 Å². The van der Waals surface area contributed by atoms with Crippen molar-refractivity contribution < 1.29 is 14.3 Å². The average molecular weight is 280 g/mol. The molecule has 0 saturated heterocycles. The fraction of sp³-hybridized carbons (Fsp3) is 0.533. The first-order chi connectivity index (χ1) is 9.62. The summed E-state index contributed by atoms with van der Waals surface area (Å²) in [5.74, 6) is 1.07. The number of nitrogens with two attached hydrogens (primary N) is 1. The number of benzene rings is 1. The molecule has 5 nitrogen and oxygen atoms in total. The number of anilines is 1. The highest BCUT2D eigenvalue weighted by atomic mass is 16.5. The summed E-state index contributed by atoms with van der Waals surface area (Å²) in [6.07, 6.45) is 2.66. The van der Waals surface area contributed by atoms with E-state index in [0.29, 0.717) is 30.2 Å². The van der Waals surface area contributed by atoms with Gasteiger partial charge in [-0.15, -0.1) is 0 Å². The number of methoxy groups -OCH3 is 1. The predicted molar refractivity (Wildman–Crippen MR) is 80.3 cm³/mol. The lowest BCUT2D eigenvalue weighted by molar-refractivity contribution is -0.117. The maximum atomic E-state index is 11.9. The van der Waals surface area contributed by atoms with Crippen LogP contribution in [0.15, 0.2) is 18.2 Å². The number of amides is 1. The molecule has 0 aliphatic heterocycles. The van der Waals surface area contributed by atoms with E-state index in [1.54, 1.807) is 25.3 Å². The Balaban J connectivity index is 2.72. The first-order valence-corrected chi connectivity index (χ1v) is 6.99. The highest BCUT2D eigenvalue weighted by molar-refractivity contribution is 5.94. The van der Waals surface area contributed by atoms with Crippen molar-refractivity contribution in [1.29, 1.82) is 0 Å². The molecular weight excluding hydrogens is 256 g/mol. The highest BCUT2D eigenvalue weighted by Gasteiger charge is 2.14. The van der Waals surface area contributed by atoms with Gasteiger partial charge in [-0.1, -0.05) is 19.8 Å². The fourth-order valence-electron chi connectivity index (χ4n) is 1.81. The highest BCUT2D eigenvalue weighted by Crippen LogP contribution is 2.30. The van der Waals surface area contributed by atoms with Crippen LogP contribution >= 0.6 is 0 Å².